The van der Waals surface area contributed by atoms with Gasteiger partial charge in [-0.25, -0.2) is 4.79 Å². The van der Waals surface area contributed by atoms with Crippen LogP contribution in [0.1, 0.15) is 23.0 Å². The fourth-order valence-electron chi connectivity index (χ4n) is 2.74. The first kappa shape index (κ1) is 18.6. The summed E-state index contributed by atoms with van der Waals surface area (Å²) >= 11 is 0. The van der Waals surface area contributed by atoms with Crippen LogP contribution in [0, 0.1) is 0 Å². The molecule has 1 unspecified atom stereocenters. The van der Waals surface area contributed by atoms with E-state index in [0.29, 0.717) is 5.56 Å². The molecule has 9 nitrogen and oxygen atoms in total. The van der Waals surface area contributed by atoms with Crippen molar-refractivity contribution in [3.63, 3.8) is 0 Å². The maximum Gasteiger partial charge on any atom is 0.340 e. The van der Waals surface area contributed by atoms with Gasteiger partial charge >= 0.3 is 5.97 Å². The molecule has 0 saturated heterocycles. The average molecular weight is 374 g/mol. The molecule has 0 bridgehead atoms. The van der Waals surface area contributed by atoms with Crippen LogP contribution < -0.4 is 15.9 Å². The van der Waals surface area contributed by atoms with Crippen molar-refractivity contribution in [2.24, 2.45) is 5.73 Å². The number of pyridine rings is 1. The maximum atomic E-state index is 12.6. The lowest BCUT2D eigenvalue weighted by molar-refractivity contribution is -0.140. The SMILES string of the molecule is COCCOC(=O)C1=C(N)Oc2c(oc(CO)cc2=O)C1c1cccnc1. The van der Waals surface area contributed by atoms with Gasteiger partial charge in [0.15, 0.2) is 5.76 Å². The first-order chi connectivity index (χ1) is 13.1. The summed E-state index contributed by atoms with van der Waals surface area (Å²) in [5.41, 5.74) is 5.94. The summed E-state index contributed by atoms with van der Waals surface area (Å²) in [4.78, 5) is 29.0. The first-order valence-corrected chi connectivity index (χ1v) is 8.08. The Hall–Kier alpha value is -3.17. The minimum Gasteiger partial charge on any atom is -0.460 e. The molecule has 27 heavy (non-hydrogen) atoms. The number of rotatable bonds is 6. The highest BCUT2D eigenvalue weighted by Crippen LogP contribution is 2.41. The first-order valence-electron chi connectivity index (χ1n) is 8.08. The van der Waals surface area contributed by atoms with Crippen molar-refractivity contribution in [3.05, 3.63) is 69.4 Å². The van der Waals surface area contributed by atoms with Crippen LogP contribution in [0.2, 0.25) is 0 Å². The summed E-state index contributed by atoms with van der Waals surface area (Å²) in [7, 11) is 1.48. The van der Waals surface area contributed by atoms with Crippen LogP contribution in [-0.4, -0.2) is 36.4 Å². The third-order valence-electron chi connectivity index (χ3n) is 3.92. The number of nitrogens with two attached hydrogens (primary N) is 1. The number of carbonyl (C=O) groups is 1. The molecule has 142 valence electrons. The molecule has 1 aliphatic rings. The molecule has 3 N–H and O–H groups in total. The van der Waals surface area contributed by atoms with Gasteiger partial charge in [0.2, 0.25) is 17.1 Å². The number of ether oxygens (including phenoxy) is 3. The average Bonchev–Trinajstić information content (AvgIpc) is 2.68. The molecule has 0 amide bonds. The normalized spacial score (nSPS) is 15.9. The lowest BCUT2D eigenvalue weighted by Crippen LogP contribution is -2.30. The van der Waals surface area contributed by atoms with Crippen LogP contribution in [0.15, 0.2) is 51.3 Å². The fraction of sp³-hybridized carbons (Fsp3) is 0.278. The molecule has 2 aromatic heterocycles. The summed E-state index contributed by atoms with van der Waals surface area (Å²) in [6.07, 6.45) is 3.08. The smallest absolute Gasteiger partial charge is 0.340 e. The molecule has 1 atom stereocenters. The molecule has 0 aromatic carbocycles. The van der Waals surface area contributed by atoms with Crippen molar-refractivity contribution >= 4 is 5.97 Å². The second-order valence-corrected chi connectivity index (χ2v) is 5.66. The molecular weight excluding hydrogens is 356 g/mol. The van der Waals surface area contributed by atoms with Crippen LogP contribution in [0.5, 0.6) is 5.75 Å². The topological polar surface area (TPSA) is 134 Å². The zero-order valence-corrected chi connectivity index (χ0v) is 14.5. The third-order valence-corrected chi connectivity index (χ3v) is 3.92. The van der Waals surface area contributed by atoms with Gasteiger partial charge < -0.3 is 29.5 Å². The molecule has 2 aromatic rings. The van der Waals surface area contributed by atoms with Gasteiger partial charge in [0.1, 0.15) is 24.5 Å². The summed E-state index contributed by atoms with van der Waals surface area (Å²) in [6, 6.07) is 4.48. The Morgan fingerprint density at radius 2 is 2.22 bits per heavy atom. The lowest BCUT2D eigenvalue weighted by atomic mass is 9.87. The molecule has 3 heterocycles. The van der Waals surface area contributed by atoms with Crippen LogP contribution in [0.25, 0.3) is 0 Å². The Labute approximate surface area is 154 Å². The zero-order chi connectivity index (χ0) is 19.4. The van der Waals surface area contributed by atoms with Crippen molar-refractivity contribution < 1.29 is 28.5 Å². The quantitative estimate of drug-likeness (QED) is 0.544. The lowest BCUT2D eigenvalue weighted by Gasteiger charge is -2.26. The Morgan fingerprint density at radius 3 is 2.89 bits per heavy atom. The predicted molar refractivity (Wildman–Crippen MR) is 91.7 cm³/mol. The molecule has 1 aliphatic heterocycles. The fourth-order valence-corrected chi connectivity index (χ4v) is 2.74. The van der Waals surface area contributed by atoms with E-state index in [-0.39, 0.29) is 41.9 Å². The summed E-state index contributed by atoms with van der Waals surface area (Å²) in [5.74, 6) is -1.94. The van der Waals surface area contributed by atoms with E-state index in [0.717, 1.165) is 6.07 Å². The molecule has 3 rings (SSSR count). The summed E-state index contributed by atoms with van der Waals surface area (Å²) < 4.78 is 21.0. The van der Waals surface area contributed by atoms with Gasteiger partial charge in [-0.3, -0.25) is 9.78 Å². The molecule has 0 saturated carbocycles. The number of nitrogens with zero attached hydrogens (tertiary/aromatic N) is 1. The van der Waals surface area contributed by atoms with Crippen molar-refractivity contribution in [2.45, 2.75) is 12.5 Å². The van der Waals surface area contributed by atoms with Gasteiger partial charge in [0, 0.05) is 25.6 Å². The number of carbonyl (C=O) groups excluding carboxylic acids is 1. The molecule has 0 aliphatic carbocycles. The van der Waals surface area contributed by atoms with Gasteiger partial charge in [-0.2, -0.15) is 0 Å². The monoisotopic (exact) mass is 374 g/mol. The molecule has 0 fully saturated rings. The van der Waals surface area contributed by atoms with E-state index in [4.69, 9.17) is 24.4 Å². The Morgan fingerprint density at radius 1 is 1.41 bits per heavy atom. The molecule has 9 heteroatoms. The highest BCUT2D eigenvalue weighted by molar-refractivity contribution is 5.92. The van der Waals surface area contributed by atoms with E-state index in [2.05, 4.69) is 4.98 Å². The van der Waals surface area contributed by atoms with Crippen LogP contribution in [0.4, 0.5) is 0 Å². The number of hydrogen-bond donors (Lipinski definition) is 2. The van der Waals surface area contributed by atoms with Crippen LogP contribution in [0.3, 0.4) is 0 Å². The number of methoxy groups -OCH3 is 1. The second kappa shape index (κ2) is 8.02. The summed E-state index contributed by atoms with van der Waals surface area (Å²) in [5, 5.41) is 9.36. The second-order valence-electron chi connectivity index (χ2n) is 5.66. The standard InChI is InChI=1S/C18H18N2O7/c1-24-5-6-25-18(23)14-13(10-3-2-4-20-8-10)16-15(27-17(14)19)12(22)7-11(9-21)26-16/h2-4,7-8,13,21H,5-6,9,19H2,1H3. The van der Waals surface area contributed by atoms with E-state index in [1.807, 2.05) is 0 Å². The van der Waals surface area contributed by atoms with E-state index < -0.39 is 23.9 Å². The molecular formula is C18H18N2O7. The zero-order valence-electron chi connectivity index (χ0n) is 14.5. The number of aliphatic hydroxyl groups excluding tert-OH is 1. The third kappa shape index (κ3) is 3.69. The van der Waals surface area contributed by atoms with Crippen molar-refractivity contribution in [1.82, 2.24) is 4.98 Å². The minimum absolute atomic E-state index is 0.0133. The molecule has 0 spiro atoms. The van der Waals surface area contributed by atoms with Gasteiger partial charge in [0.05, 0.1) is 12.5 Å². The van der Waals surface area contributed by atoms with E-state index >= 15 is 0 Å². The van der Waals surface area contributed by atoms with Crippen molar-refractivity contribution in [1.29, 1.82) is 0 Å². The van der Waals surface area contributed by atoms with Gasteiger partial charge in [-0.1, -0.05) is 6.07 Å². The van der Waals surface area contributed by atoms with Crippen molar-refractivity contribution in [3.8, 4) is 5.75 Å². The Bertz CT molecular complexity index is 921. The van der Waals surface area contributed by atoms with Gasteiger partial charge in [-0.15, -0.1) is 0 Å². The summed E-state index contributed by atoms with van der Waals surface area (Å²) in [6.45, 7) is -0.272. The number of aromatic nitrogens is 1. The van der Waals surface area contributed by atoms with E-state index in [9.17, 15) is 14.7 Å². The maximum absolute atomic E-state index is 12.6. The highest BCUT2D eigenvalue weighted by Gasteiger charge is 2.39. The Kier molecular flexibility index (Phi) is 5.53. The number of fused-ring (bicyclic) bond motifs is 1. The van der Waals surface area contributed by atoms with Gasteiger partial charge in [-0.05, 0) is 11.6 Å². The van der Waals surface area contributed by atoms with E-state index in [1.54, 1.807) is 18.3 Å². The number of esters is 1. The number of aliphatic hydroxyl groups is 1. The minimum atomic E-state index is -0.878. The highest BCUT2D eigenvalue weighted by atomic mass is 16.6. The van der Waals surface area contributed by atoms with Crippen LogP contribution in [-0.2, 0) is 20.9 Å². The van der Waals surface area contributed by atoms with Gasteiger partial charge in [0.25, 0.3) is 0 Å². The predicted octanol–water partition coefficient (Wildman–Crippen LogP) is 0.411. The Balaban J connectivity index is 2.14. The number of hydrogen-bond acceptors (Lipinski definition) is 9. The molecule has 0 radical (unpaired) electrons. The largest absolute Gasteiger partial charge is 0.460 e. The van der Waals surface area contributed by atoms with E-state index in [1.165, 1.54) is 13.3 Å². The van der Waals surface area contributed by atoms with Crippen molar-refractivity contribution in [2.75, 3.05) is 20.3 Å². The van der Waals surface area contributed by atoms with Crippen LogP contribution >= 0.6 is 0 Å².